The molecule has 0 aromatic rings. The van der Waals surface area contributed by atoms with Crippen LogP contribution in [0, 0.1) is 5.92 Å². The molecule has 0 N–H and O–H groups in total. The third-order valence-corrected chi connectivity index (χ3v) is 6.46. The Labute approximate surface area is 119 Å². The van der Waals surface area contributed by atoms with Crippen molar-refractivity contribution in [3.8, 4) is 0 Å². The number of fused-ring (bicyclic) bond motifs is 1. The molecule has 5 nitrogen and oxygen atoms in total. The third-order valence-electron chi connectivity index (χ3n) is 3.71. The second-order valence-corrected chi connectivity index (χ2v) is 7.42. The summed E-state index contributed by atoms with van der Waals surface area (Å²) in [5, 5.41) is 0. The van der Waals surface area contributed by atoms with E-state index >= 15 is 0 Å². The minimum atomic E-state index is -2.30. The van der Waals surface area contributed by atoms with Crippen LogP contribution in [0.5, 0.6) is 0 Å². The van der Waals surface area contributed by atoms with Crippen LogP contribution in [0.1, 0.15) is 26.2 Å². The average Bonchev–Trinajstić information content (AvgIpc) is 2.62. The van der Waals surface area contributed by atoms with E-state index in [9.17, 15) is 9.59 Å². The van der Waals surface area contributed by atoms with E-state index in [4.69, 9.17) is 8.37 Å². The highest BCUT2D eigenvalue weighted by Gasteiger charge is 2.45. The molecule has 0 bridgehead atoms. The number of allylic oxidation sites excluding steroid dienone is 1. The number of rotatable bonds is 2. The van der Waals surface area contributed by atoms with Gasteiger partial charge in [-0.3, -0.25) is 4.99 Å². The lowest BCUT2D eigenvalue weighted by atomic mass is 9.93. The van der Waals surface area contributed by atoms with Crippen LogP contribution in [-0.2, 0) is 18.0 Å². The molecular formula is C14H17NO4S. The smallest absolute Gasteiger partial charge is 0.336 e. The molecule has 108 valence electrons. The molecule has 0 radical (unpaired) electrons. The maximum atomic E-state index is 11.7. The third kappa shape index (κ3) is 2.18. The molecule has 1 unspecified atom stereocenters. The summed E-state index contributed by atoms with van der Waals surface area (Å²) in [5.41, 5.74) is 1.26. The summed E-state index contributed by atoms with van der Waals surface area (Å²) in [4.78, 5) is 28.6. The van der Waals surface area contributed by atoms with Gasteiger partial charge in [-0.1, -0.05) is 23.9 Å². The van der Waals surface area contributed by atoms with E-state index in [1.54, 1.807) is 6.21 Å². The normalized spacial score (nSPS) is 28.9. The lowest BCUT2D eigenvalue weighted by Crippen LogP contribution is -2.17. The Balaban J connectivity index is 2.01. The summed E-state index contributed by atoms with van der Waals surface area (Å²) in [7, 11) is -2.30. The topological polar surface area (TPSA) is 65.0 Å². The summed E-state index contributed by atoms with van der Waals surface area (Å²) in [6, 6.07) is 0. The zero-order chi connectivity index (χ0) is 14.2. The van der Waals surface area contributed by atoms with Crippen LogP contribution in [0.3, 0.4) is 0 Å². The number of aliphatic imine (C=N–C) groups is 1. The number of carbonyl (C=O) groups excluding carboxylic acids is 2. The van der Waals surface area contributed by atoms with Crippen LogP contribution < -0.4 is 0 Å². The fraction of sp³-hybridized carbons (Fsp3) is 0.500. The van der Waals surface area contributed by atoms with Gasteiger partial charge in [-0.2, -0.15) is 0 Å². The zero-order valence-electron chi connectivity index (χ0n) is 11.3. The van der Waals surface area contributed by atoms with E-state index in [2.05, 4.69) is 11.9 Å². The van der Waals surface area contributed by atoms with Gasteiger partial charge >= 0.3 is 11.9 Å². The first-order valence-electron chi connectivity index (χ1n) is 6.83. The fourth-order valence-corrected chi connectivity index (χ4v) is 5.89. The highest BCUT2D eigenvalue weighted by Crippen LogP contribution is 2.66. The summed E-state index contributed by atoms with van der Waals surface area (Å²) in [5.74, 6) is -0.0884. The molecule has 1 spiro atoms. The van der Waals surface area contributed by atoms with Gasteiger partial charge < -0.3 is 8.37 Å². The molecule has 0 saturated carbocycles. The van der Waals surface area contributed by atoms with Crippen LogP contribution in [0.15, 0.2) is 27.6 Å². The van der Waals surface area contributed by atoms with Crippen LogP contribution in [0.25, 0.3) is 0 Å². The van der Waals surface area contributed by atoms with Gasteiger partial charge in [0.05, 0.1) is 10.7 Å². The van der Waals surface area contributed by atoms with Gasteiger partial charge in [-0.25, -0.2) is 9.59 Å². The Hall–Kier alpha value is -1.56. The number of dihydropyridines is 1. The van der Waals surface area contributed by atoms with Crippen LogP contribution >= 0.6 is 10.6 Å². The molecule has 6 heteroatoms. The van der Waals surface area contributed by atoms with Crippen LogP contribution in [0.4, 0.5) is 0 Å². The number of hydrogen-bond acceptors (Lipinski definition) is 5. The lowest BCUT2D eigenvalue weighted by molar-refractivity contribution is -0.129. The Morgan fingerprint density at radius 3 is 2.65 bits per heavy atom. The van der Waals surface area contributed by atoms with E-state index in [1.807, 2.05) is 0 Å². The van der Waals surface area contributed by atoms with Crippen LogP contribution in [0.2, 0.25) is 0 Å². The first kappa shape index (κ1) is 13.4. The SMILES string of the molecule is CCCC1CS2(OC(=O)C=CC(=O)O2)C2=C1CCN=C2. The highest BCUT2D eigenvalue weighted by molar-refractivity contribution is 8.30. The molecule has 3 heterocycles. The monoisotopic (exact) mass is 295 g/mol. The minimum Gasteiger partial charge on any atom is -0.336 e. The van der Waals surface area contributed by atoms with E-state index in [1.165, 1.54) is 5.57 Å². The van der Waals surface area contributed by atoms with Gasteiger partial charge in [0, 0.05) is 30.8 Å². The average molecular weight is 295 g/mol. The van der Waals surface area contributed by atoms with Crippen molar-refractivity contribution in [2.45, 2.75) is 26.2 Å². The molecule has 3 aliphatic heterocycles. The Morgan fingerprint density at radius 2 is 2.00 bits per heavy atom. The summed E-state index contributed by atoms with van der Waals surface area (Å²) in [6.45, 7) is 2.89. The van der Waals surface area contributed by atoms with Crippen molar-refractivity contribution in [3.05, 3.63) is 22.6 Å². The van der Waals surface area contributed by atoms with E-state index < -0.39 is 22.5 Å². The maximum Gasteiger partial charge on any atom is 0.354 e. The van der Waals surface area contributed by atoms with E-state index in [-0.39, 0.29) is 0 Å². The van der Waals surface area contributed by atoms with Gasteiger partial charge in [0.2, 0.25) is 0 Å². The number of hydrogen-bond donors (Lipinski definition) is 0. The molecule has 3 aliphatic rings. The Morgan fingerprint density at radius 1 is 1.30 bits per heavy atom. The van der Waals surface area contributed by atoms with Crippen molar-refractivity contribution in [2.75, 3.05) is 12.3 Å². The van der Waals surface area contributed by atoms with Crippen molar-refractivity contribution in [1.82, 2.24) is 0 Å². The first-order chi connectivity index (χ1) is 9.64. The summed E-state index contributed by atoms with van der Waals surface area (Å²) in [6.07, 6.45) is 6.95. The molecule has 0 aromatic heterocycles. The van der Waals surface area contributed by atoms with Gasteiger partial charge in [-0.05, 0) is 18.4 Å². The lowest BCUT2D eigenvalue weighted by Gasteiger charge is -2.38. The van der Waals surface area contributed by atoms with Gasteiger partial charge in [-0.15, -0.1) is 0 Å². The van der Waals surface area contributed by atoms with Crippen molar-refractivity contribution in [1.29, 1.82) is 0 Å². The van der Waals surface area contributed by atoms with Crippen molar-refractivity contribution in [3.63, 3.8) is 0 Å². The van der Waals surface area contributed by atoms with Gasteiger partial charge in [0.15, 0.2) is 0 Å². The van der Waals surface area contributed by atoms with Gasteiger partial charge in [0.25, 0.3) is 0 Å². The largest absolute Gasteiger partial charge is 0.354 e. The molecular weight excluding hydrogens is 278 g/mol. The predicted octanol–water partition coefficient (Wildman–Crippen LogP) is 2.44. The molecule has 3 rings (SSSR count). The predicted molar refractivity (Wildman–Crippen MR) is 77.2 cm³/mol. The number of nitrogens with zero attached hydrogens (tertiary/aromatic N) is 1. The zero-order valence-corrected chi connectivity index (χ0v) is 12.1. The fourth-order valence-electron chi connectivity index (χ4n) is 2.92. The summed E-state index contributed by atoms with van der Waals surface area (Å²) >= 11 is 0. The van der Waals surface area contributed by atoms with E-state index in [0.717, 1.165) is 42.9 Å². The quantitative estimate of drug-likeness (QED) is 0.785. The van der Waals surface area contributed by atoms with Crippen molar-refractivity contribution < 1.29 is 18.0 Å². The Kier molecular flexibility index (Phi) is 3.41. The second-order valence-electron chi connectivity index (χ2n) is 5.08. The second kappa shape index (κ2) is 5.09. The summed E-state index contributed by atoms with van der Waals surface area (Å²) < 4.78 is 11.1. The minimum absolute atomic E-state index is 0.329. The molecule has 1 atom stereocenters. The molecule has 0 aromatic carbocycles. The van der Waals surface area contributed by atoms with Crippen LogP contribution in [-0.4, -0.2) is 30.5 Å². The number of carbonyl (C=O) groups is 2. The van der Waals surface area contributed by atoms with Crippen molar-refractivity contribution in [2.24, 2.45) is 10.9 Å². The Bertz CT molecular complexity index is 529. The van der Waals surface area contributed by atoms with Gasteiger partial charge in [0.1, 0.15) is 0 Å². The van der Waals surface area contributed by atoms with E-state index in [0.29, 0.717) is 11.7 Å². The molecule has 0 amide bonds. The standard InChI is InChI=1S/C14H17NO4S/c1-2-3-10-9-20(12-8-15-7-6-11(10)12)18-13(16)4-5-14(17)19-20/h4-5,8,10H,2-3,6-7,9H2,1H3. The highest BCUT2D eigenvalue weighted by atomic mass is 32.3. The molecule has 0 aliphatic carbocycles. The first-order valence-corrected chi connectivity index (χ1v) is 8.48. The maximum absolute atomic E-state index is 11.7. The molecule has 0 saturated heterocycles. The molecule has 20 heavy (non-hydrogen) atoms. The molecule has 0 fully saturated rings. The van der Waals surface area contributed by atoms with Crippen molar-refractivity contribution >= 4 is 28.7 Å².